The minimum absolute atomic E-state index is 0.259. The molecule has 0 radical (unpaired) electrons. The van der Waals surface area contributed by atoms with Crippen molar-refractivity contribution in [2.24, 2.45) is 5.92 Å². The Balaban J connectivity index is 3.15. The lowest BCUT2D eigenvalue weighted by atomic mass is 10.1. The summed E-state index contributed by atoms with van der Waals surface area (Å²) in [6.07, 6.45) is 2.61. The van der Waals surface area contributed by atoms with Crippen molar-refractivity contribution in [3.8, 4) is 0 Å². The van der Waals surface area contributed by atoms with Crippen LogP contribution in [0, 0.1) is 5.92 Å². The molecule has 0 bridgehead atoms. The van der Waals surface area contributed by atoms with Crippen LogP contribution in [0.5, 0.6) is 0 Å². The average Bonchev–Trinajstić information content (AvgIpc) is 2.15. The van der Waals surface area contributed by atoms with Gasteiger partial charge in [0.1, 0.15) is 0 Å². The molecule has 0 spiro atoms. The van der Waals surface area contributed by atoms with Crippen LogP contribution in [0.2, 0.25) is 0 Å². The molecule has 0 aromatic carbocycles. The summed E-state index contributed by atoms with van der Waals surface area (Å²) in [6, 6.07) is 0. The molecule has 0 aromatic rings. The Kier molecular flexibility index (Phi) is 8.33. The minimum Gasteiger partial charge on any atom is -0.481 e. The van der Waals surface area contributed by atoms with Crippen molar-refractivity contribution >= 4 is 5.97 Å². The Bertz CT molecular complexity index is 171. The largest absolute Gasteiger partial charge is 0.481 e. The smallest absolute Gasteiger partial charge is 0.303 e. The van der Waals surface area contributed by atoms with Crippen LogP contribution in [-0.2, 0) is 4.79 Å². The van der Waals surface area contributed by atoms with Crippen LogP contribution in [0.1, 0.15) is 39.5 Å². The minimum atomic E-state index is -0.724. The van der Waals surface area contributed by atoms with Gasteiger partial charge in [-0.25, -0.2) is 0 Å². The van der Waals surface area contributed by atoms with E-state index in [-0.39, 0.29) is 18.4 Å². The van der Waals surface area contributed by atoms with Crippen LogP contribution in [-0.4, -0.2) is 35.4 Å². The molecule has 4 heteroatoms. The van der Waals surface area contributed by atoms with Gasteiger partial charge in [-0.05, 0) is 25.3 Å². The van der Waals surface area contributed by atoms with E-state index in [4.69, 9.17) is 5.11 Å². The van der Waals surface area contributed by atoms with E-state index < -0.39 is 5.97 Å². The summed E-state index contributed by atoms with van der Waals surface area (Å²) in [5.41, 5.74) is 0. The molecule has 0 heterocycles. The van der Waals surface area contributed by atoms with Crippen LogP contribution in [0.3, 0.4) is 0 Å². The second kappa shape index (κ2) is 8.68. The summed E-state index contributed by atoms with van der Waals surface area (Å²) in [5, 5.41) is 21.0. The fourth-order valence-electron chi connectivity index (χ4n) is 1.19. The molecule has 90 valence electrons. The summed E-state index contributed by atoms with van der Waals surface area (Å²) in [4.78, 5) is 10.2. The molecule has 1 unspecified atom stereocenters. The zero-order valence-corrected chi connectivity index (χ0v) is 9.70. The van der Waals surface area contributed by atoms with E-state index in [1.165, 1.54) is 0 Å². The third-order valence-corrected chi connectivity index (χ3v) is 2.37. The first-order valence-corrected chi connectivity index (χ1v) is 5.64. The molecule has 3 N–H and O–H groups in total. The van der Waals surface area contributed by atoms with Crippen molar-refractivity contribution in [3.63, 3.8) is 0 Å². The first-order chi connectivity index (χ1) is 7.04. The number of carboxylic acids is 1. The molecule has 1 atom stereocenters. The normalized spacial score (nSPS) is 13.1. The fraction of sp³-hybridized carbons (Fsp3) is 0.909. The third-order valence-electron chi connectivity index (χ3n) is 2.37. The first kappa shape index (κ1) is 14.4. The maximum absolute atomic E-state index is 10.2. The van der Waals surface area contributed by atoms with Gasteiger partial charge >= 0.3 is 5.97 Å². The predicted octanol–water partition coefficient (Wildman–Crippen LogP) is 1.24. The second-order valence-electron chi connectivity index (χ2n) is 4.22. The molecule has 0 aliphatic carbocycles. The quantitative estimate of drug-likeness (QED) is 0.508. The summed E-state index contributed by atoms with van der Waals surface area (Å²) >= 11 is 0. The zero-order valence-electron chi connectivity index (χ0n) is 9.70. The van der Waals surface area contributed by atoms with E-state index in [2.05, 4.69) is 5.32 Å². The molecular formula is C11H23NO3. The summed E-state index contributed by atoms with van der Waals surface area (Å²) < 4.78 is 0. The third kappa shape index (κ3) is 9.69. The molecule has 0 rings (SSSR count). The van der Waals surface area contributed by atoms with Gasteiger partial charge in [-0.2, -0.15) is 0 Å². The number of carboxylic acid groups (broad SMARTS) is 1. The monoisotopic (exact) mass is 217 g/mol. The van der Waals surface area contributed by atoms with E-state index in [9.17, 15) is 9.90 Å². The van der Waals surface area contributed by atoms with Gasteiger partial charge in [0, 0.05) is 13.0 Å². The molecule has 4 nitrogen and oxygen atoms in total. The second-order valence-corrected chi connectivity index (χ2v) is 4.22. The van der Waals surface area contributed by atoms with Crippen molar-refractivity contribution in [1.29, 1.82) is 0 Å². The first-order valence-electron chi connectivity index (χ1n) is 5.64. The maximum Gasteiger partial charge on any atom is 0.303 e. The predicted molar refractivity (Wildman–Crippen MR) is 59.8 cm³/mol. The lowest BCUT2D eigenvalue weighted by Gasteiger charge is -2.14. The number of unbranched alkanes of at least 4 members (excludes halogenated alkanes) is 2. The summed E-state index contributed by atoms with van der Waals surface area (Å²) in [6.45, 7) is 5.44. The number of rotatable bonds is 9. The molecule has 0 saturated carbocycles. The van der Waals surface area contributed by atoms with E-state index >= 15 is 0 Å². The van der Waals surface area contributed by atoms with E-state index in [0.717, 1.165) is 25.8 Å². The van der Waals surface area contributed by atoms with Crippen molar-refractivity contribution in [2.75, 3.05) is 13.1 Å². The van der Waals surface area contributed by atoms with Gasteiger partial charge in [-0.15, -0.1) is 0 Å². The van der Waals surface area contributed by atoms with E-state index in [0.29, 0.717) is 6.54 Å². The highest BCUT2D eigenvalue weighted by atomic mass is 16.4. The number of hydrogen-bond donors (Lipinski definition) is 3. The molecular weight excluding hydrogens is 194 g/mol. The number of aliphatic hydroxyl groups is 1. The van der Waals surface area contributed by atoms with Crippen LogP contribution in [0.4, 0.5) is 0 Å². The molecule has 0 aromatic heterocycles. The topological polar surface area (TPSA) is 69.6 Å². The lowest BCUT2D eigenvalue weighted by molar-refractivity contribution is -0.137. The Morgan fingerprint density at radius 2 is 1.93 bits per heavy atom. The highest BCUT2D eigenvalue weighted by molar-refractivity contribution is 5.66. The number of aliphatic carboxylic acids is 1. The van der Waals surface area contributed by atoms with E-state index in [1.54, 1.807) is 0 Å². The Labute approximate surface area is 91.7 Å². The Morgan fingerprint density at radius 3 is 2.47 bits per heavy atom. The Morgan fingerprint density at radius 1 is 1.27 bits per heavy atom. The standard InChI is InChI=1S/C11H23NO3/c1-9(2)10(13)8-12-7-5-3-4-6-11(14)15/h9-10,12-13H,3-8H2,1-2H3,(H,14,15). The van der Waals surface area contributed by atoms with Crippen molar-refractivity contribution in [2.45, 2.75) is 45.6 Å². The maximum atomic E-state index is 10.2. The van der Waals surface area contributed by atoms with Gasteiger partial charge in [-0.3, -0.25) is 4.79 Å². The van der Waals surface area contributed by atoms with Crippen molar-refractivity contribution in [3.05, 3.63) is 0 Å². The SMILES string of the molecule is CC(C)C(O)CNCCCCCC(=O)O. The molecule has 0 aliphatic rings. The fourth-order valence-corrected chi connectivity index (χ4v) is 1.19. The lowest BCUT2D eigenvalue weighted by Crippen LogP contribution is -2.31. The summed E-state index contributed by atoms with van der Waals surface area (Å²) in [5.74, 6) is -0.442. The van der Waals surface area contributed by atoms with Gasteiger partial charge in [-0.1, -0.05) is 20.3 Å². The van der Waals surface area contributed by atoms with Crippen LogP contribution >= 0.6 is 0 Å². The molecule has 0 saturated heterocycles. The van der Waals surface area contributed by atoms with E-state index in [1.807, 2.05) is 13.8 Å². The molecule has 0 aliphatic heterocycles. The number of aliphatic hydroxyl groups excluding tert-OH is 1. The van der Waals surface area contributed by atoms with Crippen molar-refractivity contribution in [1.82, 2.24) is 5.32 Å². The van der Waals surface area contributed by atoms with Gasteiger partial charge in [0.15, 0.2) is 0 Å². The average molecular weight is 217 g/mol. The van der Waals surface area contributed by atoms with Gasteiger partial charge in [0.25, 0.3) is 0 Å². The highest BCUT2D eigenvalue weighted by Crippen LogP contribution is 2.00. The summed E-state index contributed by atoms with van der Waals surface area (Å²) in [7, 11) is 0. The molecule has 15 heavy (non-hydrogen) atoms. The van der Waals surface area contributed by atoms with Crippen LogP contribution < -0.4 is 5.32 Å². The molecule has 0 fully saturated rings. The van der Waals surface area contributed by atoms with Gasteiger partial charge in [0.2, 0.25) is 0 Å². The highest BCUT2D eigenvalue weighted by Gasteiger charge is 2.07. The van der Waals surface area contributed by atoms with Crippen molar-refractivity contribution < 1.29 is 15.0 Å². The van der Waals surface area contributed by atoms with Crippen LogP contribution in [0.25, 0.3) is 0 Å². The van der Waals surface area contributed by atoms with Gasteiger partial charge in [0.05, 0.1) is 6.10 Å². The van der Waals surface area contributed by atoms with Crippen LogP contribution in [0.15, 0.2) is 0 Å². The number of carbonyl (C=O) groups is 1. The Hall–Kier alpha value is -0.610. The zero-order chi connectivity index (χ0) is 11.7. The number of nitrogens with one attached hydrogen (secondary N) is 1. The van der Waals surface area contributed by atoms with Gasteiger partial charge < -0.3 is 15.5 Å². The number of hydrogen-bond acceptors (Lipinski definition) is 3. The molecule has 0 amide bonds.